The first kappa shape index (κ1) is 17.6. The molecular formula is C21H15ClFN3S. The second-order valence-electron chi connectivity index (χ2n) is 5.95. The van der Waals surface area contributed by atoms with Gasteiger partial charge in [-0.05, 0) is 29.3 Å². The minimum Gasteiger partial charge on any atom is -0.330 e. The van der Waals surface area contributed by atoms with E-state index in [1.807, 2.05) is 36.4 Å². The van der Waals surface area contributed by atoms with Gasteiger partial charge in [0.05, 0.1) is 10.9 Å². The molecule has 0 fully saturated rings. The zero-order valence-electron chi connectivity index (χ0n) is 14.1. The van der Waals surface area contributed by atoms with Gasteiger partial charge in [-0.25, -0.2) is 4.39 Å². The van der Waals surface area contributed by atoms with Crippen molar-refractivity contribution >= 4 is 33.8 Å². The maximum atomic E-state index is 13.3. The summed E-state index contributed by atoms with van der Waals surface area (Å²) in [6.45, 7) is 0. The maximum absolute atomic E-state index is 13.3. The number of benzene rings is 3. The SMILES string of the molecule is Fc1ccc(Nc2nnc(C(c3ccccc3)c3ccccc3)s2)cc1Cl. The van der Waals surface area contributed by atoms with Gasteiger partial charge in [-0.1, -0.05) is 83.6 Å². The Morgan fingerprint density at radius 3 is 2.07 bits per heavy atom. The highest BCUT2D eigenvalue weighted by atomic mass is 35.5. The maximum Gasteiger partial charge on any atom is 0.210 e. The van der Waals surface area contributed by atoms with E-state index in [0.717, 1.165) is 16.1 Å². The Morgan fingerprint density at radius 1 is 0.852 bits per heavy atom. The van der Waals surface area contributed by atoms with Gasteiger partial charge in [0.2, 0.25) is 5.13 Å². The second kappa shape index (κ2) is 7.86. The molecule has 0 saturated heterocycles. The summed E-state index contributed by atoms with van der Waals surface area (Å²) in [4.78, 5) is 0. The average Bonchev–Trinajstić information content (AvgIpc) is 3.15. The van der Waals surface area contributed by atoms with Gasteiger partial charge >= 0.3 is 0 Å². The highest BCUT2D eigenvalue weighted by Crippen LogP contribution is 2.35. The van der Waals surface area contributed by atoms with E-state index in [-0.39, 0.29) is 10.9 Å². The van der Waals surface area contributed by atoms with E-state index in [4.69, 9.17) is 11.6 Å². The molecular weight excluding hydrogens is 381 g/mol. The molecule has 4 rings (SSSR count). The molecule has 0 atom stereocenters. The largest absolute Gasteiger partial charge is 0.330 e. The number of nitrogens with zero attached hydrogens (tertiary/aromatic N) is 2. The summed E-state index contributed by atoms with van der Waals surface area (Å²) in [7, 11) is 0. The third-order valence-electron chi connectivity index (χ3n) is 4.12. The minimum atomic E-state index is -0.451. The smallest absolute Gasteiger partial charge is 0.210 e. The van der Waals surface area contributed by atoms with Crippen LogP contribution in [0.5, 0.6) is 0 Å². The summed E-state index contributed by atoms with van der Waals surface area (Å²) in [5.74, 6) is -0.453. The van der Waals surface area contributed by atoms with E-state index in [9.17, 15) is 4.39 Å². The van der Waals surface area contributed by atoms with Crippen LogP contribution in [0.2, 0.25) is 5.02 Å². The molecule has 1 N–H and O–H groups in total. The number of hydrogen-bond acceptors (Lipinski definition) is 4. The molecule has 27 heavy (non-hydrogen) atoms. The Morgan fingerprint density at radius 2 is 1.48 bits per heavy atom. The fourth-order valence-electron chi connectivity index (χ4n) is 2.87. The average molecular weight is 396 g/mol. The Hall–Kier alpha value is -2.76. The molecule has 3 aromatic carbocycles. The van der Waals surface area contributed by atoms with Crippen LogP contribution in [0.15, 0.2) is 78.9 Å². The summed E-state index contributed by atoms with van der Waals surface area (Å²) in [5, 5.41) is 13.4. The molecule has 0 aliphatic carbocycles. The predicted octanol–water partition coefficient (Wildman–Crippen LogP) is 6.25. The predicted molar refractivity (Wildman–Crippen MR) is 108 cm³/mol. The summed E-state index contributed by atoms with van der Waals surface area (Å²) in [6, 6.07) is 24.9. The highest BCUT2D eigenvalue weighted by molar-refractivity contribution is 7.15. The zero-order valence-corrected chi connectivity index (χ0v) is 15.7. The van der Waals surface area contributed by atoms with Crippen LogP contribution in [0, 0.1) is 5.82 Å². The van der Waals surface area contributed by atoms with Crippen LogP contribution in [0.3, 0.4) is 0 Å². The van der Waals surface area contributed by atoms with Crippen LogP contribution in [0.1, 0.15) is 22.1 Å². The van der Waals surface area contributed by atoms with Gasteiger partial charge in [0.15, 0.2) is 0 Å². The van der Waals surface area contributed by atoms with Crippen molar-refractivity contribution in [3.05, 3.63) is 106 Å². The number of aromatic nitrogens is 2. The first-order chi connectivity index (χ1) is 13.2. The lowest BCUT2D eigenvalue weighted by atomic mass is 9.92. The fourth-order valence-corrected chi connectivity index (χ4v) is 3.97. The zero-order chi connectivity index (χ0) is 18.6. The van der Waals surface area contributed by atoms with Crippen LogP contribution in [0.4, 0.5) is 15.2 Å². The Bertz CT molecular complexity index is 998. The van der Waals surface area contributed by atoms with Gasteiger partial charge in [-0.2, -0.15) is 0 Å². The topological polar surface area (TPSA) is 37.8 Å². The standard InChI is InChI=1S/C21H15ClFN3S/c22-17-13-16(11-12-18(17)23)24-21-26-25-20(27-21)19(14-7-3-1-4-8-14)15-9-5-2-6-10-15/h1-13,19H,(H,24,26). The minimum absolute atomic E-state index is 0.00254. The van der Waals surface area contributed by atoms with Crippen molar-refractivity contribution in [2.75, 3.05) is 5.32 Å². The van der Waals surface area contributed by atoms with Crippen molar-refractivity contribution in [3.63, 3.8) is 0 Å². The van der Waals surface area contributed by atoms with Crippen molar-refractivity contribution in [2.45, 2.75) is 5.92 Å². The van der Waals surface area contributed by atoms with Crippen molar-refractivity contribution in [1.82, 2.24) is 10.2 Å². The number of rotatable bonds is 5. The van der Waals surface area contributed by atoms with Crippen LogP contribution in [-0.4, -0.2) is 10.2 Å². The molecule has 0 aliphatic rings. The highest BCUT2D eigenvalue weighted by Gasteiger charge is 2.21. The molecule has 4 aromatic rings. The lowest BCUT2D eigenvalue weighted by Gasteiger charge is -2.14. The van der Waals surface area contributed by atoms with Crippen LogP contribution >= 0.6 is 22.9 Å². The van der Waals surface area contributed by atoms with Gasteiger partial charge in [0.25, 0.3) is 0 Å². The van der Waals surface area contributed by atoms with E-state index in [1.54, 1.807) is 6.07 Å². The third-order valence-corrected chi connectivity index (χ3v) is 5.32. The summed E-state index contributed by atoms with van der Waals surface area (Å²) in [6.07, 6.45) is 0. The van der Waals surface area contributed by atoms with Gasteiger partial charge in [0.1, 0.15) is 10.8 Å². The molecule has 3 nitrogen and oxygen atoms in total. The van der Waals surface area contributed by atoms with Gasteiger partial charge in [-0.3, -0.25) is 0 Å². The quantitative estimate of drug-likeness (QED) is 0.433. The molecule has 1 heterocycles. The summed E-state index contributed by atoms with van der Waals surface area (Å²) >= 11 is 7.31. The van der Waals surface area contributed by atoms with Gasteiger partial charge in [0, 0.05) is 5.69 Å². The van der Waals surface area contributed by atoms with Crippen molar-refractivity contribution < 1.29 is 4.39 Å². The first-order valence-corrected chi connectivity index (χ1v) is 9.55. The molecule has 0 bridgehead atoms. The number of nitrogens with one attached hydrogen (secondary N) is 1. The van der Waals surface area contributed by atoms with Crippen LogP contribution in [0.25, 0.3) is 0 Å². The van der Waals surface area contributed by atoms with Gasteiger partial charge in [-0.15, -0.1) is 10.2 Å². The second-order valence-corrected chi connectivity index (χ2v) is 7.37. The lowest BCUT2D eigenvalue weighted by molar-refractivity contribution is 0.628. The molecule has 6 heteroatoms. The summed E-state index contributed by atoms with van der Waals surface area (Å²) < 4.78 is 13.3. The summed E-state index contributed by atoms with van der Waals surface area (Å²) in [5.41, 5.74) is 2.97. The van der Waals surface area contributed by atoms with Gasteiger partial charge < -0.3 is 5.32 Å². The Kier molecular flexibility index (Phi) is 5.14. The third kappa shape index (κ3) is 3.99. The normalized spacial score (nSPS) is 10.9. The Balaban J connectivity index is 1.67. The van der Waals surface area contributed by atoms with Crippen LogP contribution < -0.4 is 5.32 Å². The molecule has 0 amide bonds. The molecule has 0 aliphatic heterocycles. The molecule has 0 unspecified atom stereocenters. The van der Waals surface area contributed by atoms with Crippen molar-refractivity contribution in [1.29, 1.82) is 0 Å². The monoisotopic (exact) mass is 395 g/mol. The van der Waals surface area contributed by atoms with E-state index >= 15 is 0 Å². The van der Waals surface area contributed by atoms with Crippen LogP contribution in [-0.2, 0) is 0 Å². The first-order valence-electron chi connectivity index (χ1n) is 8.36. The van der Waals surface area contributed by atoms with E-state index in [1.165, 1.54) is 23.5 Å². The Labute approximate surface area is 165 Å². The number of anilines is 2. The lowest BCUT2D eigenvalue weighted by Crippen LogP contribution is -2.02. The van der Waals surface area contributed by atoms with Crippen molar-refractivity contribution in [2.24, 2.45) is 0 Å². The number of halogens is 2. The fraction of sp³-hybridized carbons (Fsp3) is 0.0476. The molecule has 0 saturated carbocycles. The molecule has 1 aromatic heterocycles. The van der Waals surface area contributed by atoms with E-state index in [0.29, 0.717) is 10.8 Å². The number of hydrogen-bond donors (Lipinski definition) is 1. The van der Waals surface area contributed by atoms with E-state index < -0.39 is 5.82 Å². The van der Waals surface area contributed by atoms with E-state index in [2.05, 4.69) is 39.8 Å². The molecule has 134 valence electrons. The molecule has 0 spiro atoms. The molecule has 0 radical (unpaired) electrons. The van der Waals surface area contributed by atoms with Crippen molar-refractivity contribution in [3.8, 4) is 0 Å².